The summed E-state index contributed by atoms with van der Waals surface area (Å²) in [4.78, 5) is 2.57. The van der Waals surface area contributed by atoms with Crippen LogP contribution in [0.5, 0.6) is 0 Å². The molecule has 5 aromatic carbocycles. The second-order valence-electron chi connectivity index (χ2n) is 11.9. The first kappa shape index (κ1) is 31.3. The van der Waals surface area contributed by atoms with Crippen molar-refractivity contribution in [3.05, 3.63) is 148 Å². The second kappa shape index (κ2) is 13.5. The van der Waals surface area contributed by atoms with Gasteiger partial charge < -0.3 is 0 Å². The van der Waals surface area contributed by atoms with Gasteiger partial charge in [0.05, 0.1) is 11.6 Å². The minimum Gasteiger partial charge on any atom is -0.192 e. The van der Waals surface area contributed by atoms with Gasteiger partial charge in [0.1, 0.15) is 0 Å². The summed E-state index contributed by atoms with van der Waals surface area (Å²) < 4.78 is 2.55. The van der Waals surface area contributed by atoms with Crippen LogP contribution in [0.2, 0.25) is 0 Å². The highest BCUT2D eigenvalue weighted by Gasteiger charge is 2.13. The number of thiophene rings is 2. The number of allylic oxidation sites excluding steroid dienone is 2. The zero-order chi connectivity index (χ0) is 33.2. The number of rotatable bonds is 8. The average molecular weight is 654 g/mol. The first-order valence-corrected chi connectivity index (χ1v) is 17.9. The molecule has 48 heavy (non-hydrogen) atoms. The summed E-state index contributed by atoms with van der Waals surface area (Å²) in [7, 11) is 0. The lowest BCUT2D eigenvalue weighted by Gasteiger charge is -2.11. The van der Waals surface area contributed by atoms with Crippen LogP contribution in [0.25, 0.3) is 82.9 Å². The first-order chi connectivity index (χ1) is 23.5. The quantitative estimate of drug-likeness (QED) is 0.160. The van der Waals surface area contributed by atoms with Crippen molar-refractivity contribution in [1.29, 1.82) is 5.26 Å². The third-order valence-electron chi connectivity index (χ3n) is 8.89. The second-order valence-corrected chi connectivity index (χ2v) is 14.3. The van der Waals surface area contributed by atoms with E-state index in [1.807, 2.05) is 30.4 Å². The molecule has 0 aliphatic rings. The van der Waals surface area contributed by atoms with Crippen LogP contribution in [-0.2, 0) is 0 Å². The summed E-state index contributed by atoms with van der Waals surface area (Å²) >= 11 is 3.64. The zero-order valence-corrected chi connectivity index (χ0v) is 29.0. The molecule has 2 aromatic heterocycles. The van der Waals surface area contributed by atoms with Crippen molar-refractivity contribution >= 4 is 61.1 Å². The summed E-state index contributed by atoms with van der Waals surface area (Å²) in [5.74, 6) is 0. The minimum absolute atomic E-state index is 0.667. The molecule has 7 aromatic rings. The Hall–Kier alpha value is -5.27. The van der Waals surface area contributed by atoms with Crippen molar-refractivity contribution in [2.75, 3.05) is 0 Å². The highest BCUT2D eigenvalue weighted by Crippen LogP contribution is 2.39. The van der Waals surface area contributed by atoms with Gasteiger partial charge in [-0.25, -0.2) is 0 Å². The van der Waals surface area contributed by atoms with Gasteiger partial charge in [-0.3, -0.25) is 0 Å². The van der Waals surface area contributed by atoms with Crippen molar-refractivity contribution in [2.24, 2.45) is 0 Å². The molecule has 0 atom stereocenters. The summed E-state index contributed by atoms with van der Waals surface area (Å²) in [5.41, 5.74) is 11.9. The number of hydrogen-bond donors (Lipinski definition) is 0. The Kier molecular flexibility index (Phi) is 8.78. The molecule has 0 N–H and O–H groups in total. The van der Waals surface area contributed by atoms with E-state index in [9.17, 15) is 5.26 Å². The Labute approximate surface area is 291 Å². The molecular formula is C45H35NS2. The third-order valence-corrected chi connectivity index (χ3v) is 11.1. The molecule has 0 bridgehead atoms. The van der Waals surface area contributed by atoms with Crippen molar-refractivity contribution in [1.82, 2.24) is 0 Å². The number of fused-ring (bicyclic) bond motifs is 2. The van der Waals surface area contributed by atoms with E-state index in [0.717, 1.165) is 39.8 Å². The standard InChI is InChI=1S/C45H35NS2/c1-5-8-16-39-29(4)47-44-26-34(19-22-42(39)44)32-14-10-15-36(24-32)40-20-17-33(25-37(40)28-46)30-12-9-13-31(23-30)35-18-21-41-38(7-3)43(11-6-2)48-45(41)27-35/h6-27H,3,5H2,1-2,4H3/b11-6-,16-8-. The molecule has 0 fully saturated rings. The summed E-state index contributed by atoms with van der Waals surface area (Å²) in [6.07, 6.45) is 11.7. The normalized spacial score (nSPS) is 11.6. The molecule has 0 spiro atoms. The smallest absolute Gasteiger partial charge is 0.0998 e. The maximum atomic E-state index is 10.3. The number of benzene rings is 5. The van der Waals surface area contributed by atoms with Crippen molar-refractivity contribution < 1.29 is 0 Å². The van der Waals surface area contributed by atoms with Crippen LogP contribution in [0, 0.1) is 18.3 Å². The zero-order valence-electron chi connectivity index (χ0n) is 27.4. The van der Waals surface area contributed by atoms with Gasteiger partial charge in [-0.2, -0.15) is 5.26 Å². The van der Waals surface area contributed by atoms with E-state index in [-0.39, 0.29) is 0 Å². The van der Waals surface area contributed by atoms with Gasteiger partial charge in [-0.15, -0.1) is 22.7 Å². The van der Waals surface area contributed by atoms with Crippen LogP contribution in [-0.4, -0.2) is 0 Å². The molecule has 2 heterocycles. The van der Waals surface area contributed by atoms with Crippen LogP contribution < -0.4 is 0 Å². The van der Waals surface area contributed by atoms with Crippen LogP contribution in [0.3, 0.4) is 0 Å². The van der Waals surface area contributed by atoms with Gasteiger partial charge in [-0.1, -0.05) is 111 Å². The third kappa shape index (κ3) is 5.86. The fourth-order valence-corrected chi connectivity index (χ4v) is 8.78. The molecule has 0 aliphatic heterocycles. The fourth-order valence-electron chi connectivity index (χ4n) is 6.47. The van der Waals surface area contributed by atoms with Gasteiger partial charge in [0.2, 0.25) is 0 Å². The highest BCUT2D eigenvalue weighted by atomic mass is 32.1. The van der Waals surface area contributed by atoms with E-state index in [1.165, 1.54) is 52.2 Å². The topological polar surface area (TPSA) is 23.8 Å². The Balaban J connectivity index is 1.20. The Morgan fingerprint density at radius 1 is 0.667 bits per heavy atom. The maximum absolute atomic E-state index is 10.3. The molecule has 1 nitrogen and oxygen atoms in total. The monoisotopic (exact) mass is 653 g/mol. The number of nitrogens with zero attached hydrogens (tertiary/aromatic N) is 1. The minimum atomic E-state index is 0.667. The van der Waals surface area contributed by atoms with E-state index in [0.29, 0.717) is 5.56 Å². The van der Waals surface area contributed by atoms with Crippen molar-refractivity contribution in [3.63, 3.8) is 0 Å². The lowest BCUT2D eigenvalue weighted by molar-refractivity contribution is 1.23. The molecule has 0 saturated heterocycles. The van der Waals surface area contributed by atoms with Crippen molar-refractivity contribution in [3.8, 4) is 50.6 Å². The van der Waals surface area contributed by atoms with Crippen LogP contribution >= 0.6 is 22.7 Å². The SMILES string of the molecule is C=Cc1c(/C=C\C)sc2cc(-c3cccc(-c4ccc(-c5cccc(-c6ccc7c(/C=C\CC)c(C)sc7c6)c5)c(C#N)c4)c3)ccc12. The molecule has 0 radical (unpaired) electrons. The van der Waals surface area contributed by atoms with E-state index < -0.39 is 0 Å². The van der Waals surface area contributed by atoms with Crippen molar-refractivity contribution in [2.45, 2.75) is 27.2 Å². The Morgan fingerprint density at radius 2 is 1.23 bits per heavy atom. The molecule has 3 heteroatoms. The van der Waals surface area contributed by atoms with Gasteiger partial charge >= 0.3 is 0 Å². The lowest BCUT2D eigenvalue weighted by Crippen LogP contribution is -1.88. The van der Waals surface area contributed by atoms with Gasteiger partial charge in [0, 0.05) is 24.5 Å². The highest BCUT2D eigenvalue weighted by molar-refractivity contribution is 7.20. The first-order valence-electron chi connectivity index (χ1n) is 16.3. The molecule has 0 aliphatic carbocycles. The van der Waals surface area contributed by atoms with E-state index in [4.69, 9.17) is 0 Å². The van der Waals surface area contributed by atoms with Gasteiger partial charge in [0.25, 0.3) is 0 Å². The average Bonchev–Trinajstić information content (AvgIpc) is 3.64. The predicted molar refractivity (Wildman–Crippen MR) is 213 cm³/mol. The molecule has 0 saturated carbocycles. The van der Waals surface area contributed by atoms with E-state index in [2.05, 4.69) is 148 Å². The Bertz CT molecular complexity index is 2440. The maximum Gasteiger partial charge on any atom is 0.0998 e. The van der Waals surface area contributed by atoms with Crippen LogP contribution in [0.4, 0.5) is 0 Å². The number of nitriles is 1. The van der Waals surface area contributed by atoms with E-state index in [1.54, 1.807) is 11.3 Å². The fraction of sp³-hybridized carbons (Fsp3) is 0.0889. The summed E-state index contributed by atoms with van der Waals surface area (Å²) in [5, 5.41) is 12.8. The predicted octanol–water partition coefficient (Wildman–Crippen LogP) is 14.1. The molecule has 0 amide bonds. The molecule has 7 rings (SSSR count). The molecule has 0 unspecified atom stereocenters. The summed E-state index contributed by atoms with van der Waals surface area (Å²) in [6.45, 7) is 10.5. The van der Waals surface area contributed by atoms with Crippen LogP contribution in [0.1, 0.15) is 46.7 Å². The van der Waals surface area contributed by atoms with Gasteiger partial charge in [-0.05, 0) is 118 Å². The largest absolute Gasteiger partial charge is 0.192 e. The molecular weight excluding hydrogens is 619 g/mol. The number of aryl methyl sites for hydroxylation is 1. The van der Waals surface area contributed by atoms with E-state index >= 15 is 0 Å². The van der Waals surface area contributed by atoms with Gasteiger partial charge in [0.15, 0.2) is 0 Å². The van der Waals surface area contributed by atoms with Crippen LogP contribution in [0.15, 0.2) is 122 Å². The summed E-state index contributed by atoms with van der Waals surface area (Å²) in [6, 6.07) is 39.3. The Morgan fingerprint density at radius 3 is 1.85 bits per heavy atom. The number of hydrogen-bond acceptors (Lipinski definition) is 3. The molecule has 232 valence electrons. The lowest BCUT2D eigenvalue weighted by atomic mass is 9.92.